The van der Waals surface area contributed by atoms with Gasteiger partial charge in [0.25, 0.3) is 11.8 Å². The van der Waals surface area contributed by atoms with Crippen molar-refractivity contribution in [3.05, 3.63) is 71.3 Å². The lowest BCUT2D eigenvalue weighted by Crippen LogP contribution is -2.40. The van der Waals surface area contributed by atoms with Gasteiger partial charge < -0.3 is 16.0 Å². The van der Waals surface area contributed by atoms with Gasteiger partial charge in [-0.25, -0.2) is 4.79 Å². The van der Waals surface area contributed by atoms with Crippen LogP contribution in [0.5, 0.6) is 0 Å². The van der Waals surface area contributed by atoms with E-state index in [0.29, 0.717) is 24.2 Å². The number of hydrogen-bond acceptors (Lipinski definition) is 4. The highest BCUT2D eigenvalue weighted by Crippen LogP contribution is 2.28. The fourth-order valence-corrected chi connectivity index (χ4v) is 3.92. The Bertz CT molecular complexity index is 928. The van der Waals surface area contributed by atoms with Crippen molar-refractivity contribution in [1.29, 1.82) is 0 Å². The number of nitrogens with one attached hydrogen (secondary N) is 2. The first-order valence-electron chi connectivity index (χ1n) is 9.22. The van der Waals surface area contributed by atoms with Crippen LogP contribution in [-0.4, -0.2) is 41.9 Å². The fourth-order valence-electron chi connectivity index (χ4n) is 3.92. The molecule has 0 aliphatic carbocycles. The van der Waals surface area contributed by atoms with E-state index < -0.39 is 17.5 Å². The number of carbonyl (C=O) groups is 3. The average Bonchev–Trinajstić information content (AvgIpc) is 3.21. The molecule has 2 heterocycles. The number of likely N-dealkylation sites (tertiary alicyclic amines) is 1. The fraction of sp³-hybridized carbons (Fsp3) is 0.286. The van der Waals surface area contributed by atoms with Crippen molar-refractivity contribution in [3.63, 3.8) is 0 Å². The summed E-state index contributed by atoms with van der Waals surface area (Å²) in [6.07, 6.45) is 0. The zero-order valence-corrected chi connectivity index (χ0v) is 15.5. The molecule has 3 atom stereocenters. The van der Waals surface area contributed by atoms with Gasteiger partial charge in [0, 0.05) is 30.6 Å². The molecule has 2 fully saturated rings. The smallest absolute Gasteiger partial charge is 0.322 e. The molecule has 0 radical (unpaired) electrons. The monoisotopic (exact) mass is 378 g/mol. The Hall–Kier alpha value is -3.19. The van der Waals surface area contributed by atoms with Crippen molar-refractivity contribution in [2.24, 2.45) is 5.73 Å². The summed E-state index contributed by atoms with van der Waals surface area (Å²) in [5.74, 6) is -0.390. The molecule has 2 aliphatic heterocycles. The van der Waals surface area contributed by atoms with Crippen LogP contribution in [0.4, 0.5) is 4.79 Å². The van der Waals surface area contributed by atoms with Gasteiger partial charge in [0.15, 0.2) is 0 Å². The maximum Gasteiger partial charge on any atom is 0.322 e. The SMILES string of the molecule is CC1(c2ccc(C(=O)N3C[C@@H](N)[C@H](c4ccccc4)C3)cc2)NC(=O)NC1=O. The molecular weight excluding hydrogens is 356 g/mol. The topological polar surface area (TPSA) is 105 Å². The second kappa shape index (κ2) is 6.76. The van der Waals surface area contributed by atoms with Gasteiger partial charge in [-0.05, 0) is 30.2 Å². The Labute approximate surface area is 162 Å². The summed E-state index contributed by atoms with van der Waals surface area (Å²) in [6, 6.07) is 16.1. The van der Waals surface area contributed by atoms with Crippen LogP contribution in [0, 0.1) is 0 Å². The highest BCUT2D eigenvalue weighted by Gasteiger charge is 2.43. The van der Waals surface area contributed by atoms with Gasteiger partial charge in [0.2, 0.25) is 0 Å². The van der Waals surface area contributed by atoms with Crippen molar-refractivity contribution < 1.29 is 14.4 Å². The average molecular weight is 378 g/mol. The van der Waals surface area contributed by atoms with Gasteiger partial charge in [-0.3, -0.25) is 14.9 Å². The maximum absolute atomic E-state index is 12.9. The van der Waals surface area contributed by atoms with E-state index in [-0.39, 0.29) is 17.9 Å². The number of rotatable bonds is 3. The van der Waals surface area contributed by atoms with Gasteiger partial charge in [0.1, 0.15) is 5.54 Å². The number of amides is 4. The summed E-state index contributed by atoms with van der Waals surface area (Å²) in [7, 11) is 0. The van der Waals surface area contributed by atoms with Gasteiger partial charge in [-0.2, -0.15) is 0 Å². The molecule has 1 unspecified atom stereocenters. The van der Waals surface area contributed by atoms with E-state index in [2.05, 4.69) is 10.6 Å². The molecule has 0 saturated carbocycles. The third kappa shape index (κ3) is 3.03. The highest BCUT2D eigenvalue weighted by molar-refractivity contribution is 6.07. The first-order valence-corrected chi connectivity index (χ1v) is 9.22. The standard InChI is InChI=1S/C21H22N4O3/c1-21(19(27)23-20(28)24-21)15-9-7-14(8-10-15)18(26)25-11-16(17(22)12-25)13-5-3-2-4-6-13/h2-10,16-17H,11-12,22H2,1H3,(H2,23,24,27,28)/t16-,17+,21?/m0/s1. The van der Waals surface area contributed by atoms with E-state index in [9.17, 15) is 14.4 Å². The van der Waals surface area contributed by atoms with Crippen molar-refractivity contribution in [2.45, 2.75) is 24.4 Å². The van der Waals surface area contributed by atoms with E-state index in [4.69, 9.17) is 5.73 Å². The lowest BCUT2D eigenvalue weighted by atomic mass is 9.91. The predicted octanol–water partition coefficient (Wildman–Crippen LogP) is 1.31. The number of hydrogen-bond donors (Lipinski definition) is 3. The molecule has 28 heavy (non-hydrogen) atoms. The third-order valence-electron chi connectivity index (χ3n) is 5.63. The first-order chi connectivity index (χ1) is 13.4. The molecule has 144 valence electrons. The zero-order chi connectivity index (χ0) is 19.9. The van der Waals surface area contributed by atoms with E-state index in [0.717, 1.165) is 5.56 Å². The molecule has 4 rings (SSSR count). The zero-order valence-electron chi connectivity index (χ0n) is 15.5. The Morgan fingerprint density at radius 1 is 1.07 bits per heavy atom. The molecule has 2 aromatic rings. The van der Waals surface area contributed by atoms with E-state index in [1.165, 1.54) is 0 Å². The largest absolute Gasteiger partial charge is 0.336 e. The van der Waals surface area contributed by atoms with Crippen molar-refractivity contribution in [2.75, 3.05) is 13.1 Å². The van der Waals surface area contributed by atoms with Crippen LogP contribution >= 0.6 is 0 Å². The quantitative estimate of drug-likeness (QED) is 0.701. The number of benzene rings is 2. The van der Waals surface area contributed by atoms with E-state index in [1.54, 1.807) is 36.1 Å². The molecule has 0 spiro atoms. The number of nitrogens with zero attached hydrogens (tertiary/aromatic N) is 1. The second-order valence-electron chi connectivity index (χ2n) is 7.50. The van der Waals surface area contributed by atoms with E-state index in [1.807, 2.05) is 30.3 Å². The Kier molecular flexibility index (Phi) is 4.39. The summed E-state index contributed by atoms with van der Waals surface area (Å²) in [5.41, 5.74) is 7.44. The molecule has 2 aliphatic rings. The number of nitrogens with two attached hydrogens (primary N) is 1. The summed E-state index contributed by atoms with van der Waals surface area (Å²) >= 11 is 0. The van der Waals surface area contributed by atoms with Gasteiger partial charge >= 0.3 is 6.03 Å². The van der Waals surface area contributed by atoms with Crippen LogP contribution in [0.1, 0.15) is 34.3 Å². The van der Waals surface area contributed by atoms with E-state index >= 15 is 0 Å². The highest BCUT2D eigenvalue weighted by atomic mass is 16.2. The Morgan fingerprint density at radius 3 is 2.36 bits per heavy atom. The molecule has 7 nitrogen and oxygen atoms in total. The third-order valence-corrected chi connectivity index (χ3v) is 5.63. The van der Waals surface area contributed by atoms with Crippen LogP contribution in [0.2, 0.25) is 0 Å². The molecule has 2 saturated heterocycles. The molecule has 0 aromatic heterocycles. The summed E-state index contributed by atoms with van der Waals surface area (Å²) in [6.45, 7) is 2.70. The number of urea groups is 1. The van der Waals surface area contributed by atoms with Crippen LogP contribution in [0.25, 0.3) is 0 Å². The lowest BCUT2D eigenvalue weighted by Gasteiger charge is -2.22. The van der Waals surface area contributed by atoms with Crippen LogP contribution in [0.3, 0.4) is 0 Å². The summed E-state index contributed by atoms with van der Waals surface area (Å²) in [4.78, 5) is 38.2. The molecular formula is C21H22N4O3. The minimum Gasteiger partial charge on any atom is -0.336 e. The Morgan fingerprint density at radius 2 is 1.75 bits per heavy atom. The van der Waals surface area contributed by atoms with Crippen molar-refractivity contribution >= 4 is 17.8 Å². The normalized spacial score (nSPS) is 26.9. The summed E-state index contributed by atoms with van der Waals surface area (Å²) < 4.78 is 0. The van der Waals surface area contributed by atoms with Crippen LogP contribution in [0.15, 0.2) is 54.6 Å². The van der Waals surface area contributed by atoms with Gasteiger partial charge in [-0.1, -0.05) is 42.5 Å². The number of carbonyl (C=O) groups excluding carboxylic acids is 3. The molecule has 0 bridgehead atoms. The minimum atomic E-state index is -1.13. The number of imide groups is 1. The maximum atomic E-state index is 12.9. The molecule has 4 N–H and O–H groups in total. The van der Waals surface area contributed by atoms with Gasteiger partial charge in [0.05, 0.1) is 0 Å². The molecule has 4 amide bonds. The predicted molar refractivity (Wildman–Crippen MR) is 104 cm³/mol. The first kappa shape index (κ1) is 18.2. The van der Waals surface area contributed by atoms with Crippen LogP contribution in [-0.2, 0) is 10.3 Å². The summed E-state index contributed by atoms with van der Waals surface area (Å²) in [5, 5.41) is 4.85. The molecule has 7 heteroatoms. The minimum absolute atomic E-state index is 0.0921. The lowest BCUT2D eigenvalue weighted by molar-refractivity contribution is -0.123. The van der Waals surface area contributed by atoms with Gasteiger partial charge in [-0.15, -0.1) is 0 Å². The van der Waals surface area contributed by atoms with Crippen molar-refractivity contribution in [1.82, 2.24) is 15.5 Å². The van der Waals surface area contributed by atoms with Crippen LogP contribution < -0.4 is 16.4 Å². The Balaban J connectivity index is 1.50. The van der Waals surface area contributed by atoms with Crippen molar-refractivity contribution in [3.8, 4) is 0 Å². The molecule has 2 aromatic carbocycles. The second-order valence-corrected chi connectivity index (χ2v) is 7.50.